The fraction of sp³-hybridized carbons (Fsp3) is 0.444. The van der Waals surface area contributed by atoms with Crippen LogP contribution in [0.1, 0.15) is 19.8 Å². The number of aromatic nitrogens is 3. The Morgan fingerprint density at radius 2 is 2.14 bits per heavy atom. The van der Waals surface area contributed by atoms with E-state index >= 15 is 0 Å². The van der Waals surface area contributed by atoms with Crippen LogP contribution in [0.25, 0.3) is 11.4 Å². The number of rotatable bonds is 8. The van der Waals surface area contributed by atoms with Crippen molar-refractivity contribution in [2.24, 2.45) is 5.73 Å². The van der Waals surface area contributed by atoms with E-state index in [1.54, 1.807) is 12.1 Å². The zero-order valence-electron chi connectivity index (χ0n) is 15.3. The third-order valence-electron chi connectivity index (χ3n) is 4.26. The Morgan fingerprint density at radius 3 is 2.79 bits per heavy atom. The van der Waals surface area contributed by atoms with Gasteiger partial charge < -0.3 is 15.2 Å². The molecule has 1 aliphatic heterocycles. The number of nitrogens with two attached hydrogens (primary N) is 1. The molecule has 1 aromatic carbocycles. The lowest BCUT2D eigenvalue weighted by molar-refractivity contribution is -0.151. The van der Waals surface area contributed by atoms with Gasteiger partial charge in [0.15, 0.2) is 17.1 Å². The number of hydrogen-bond acceptors (Lipinski definition) is 7. The molecule has 0 aliphatic carbocycles. The molecule has 0 spiro atoms. The second-order valence-corrected chi connectivity index (χ2v) is 7.32. The quantitative estimate of drug-likeness (QED) is 0.524. The van der Waals surface area contributed by atoms with E-state index in [2.05, 4.69) is 10.2 Å². The molecule has 0 radical (unpaired) electrons. The lowest BCUT2D eigenvalue weighted by Gasteiger charge is -2.15. The summed E-state index contributed by atoms with van der Waals surface area (Å²) in [5, 5.41) is 8.90. The Morgan fingerprint density at radius 1 is 1.39 bits per heavy atom. The van der Waals surface area contributed by atoms with E-state index in [0.717, 1.165) is 24.6 Å². The van der Waals surface area contributed by atoms with Gasteiger partial charge in [-0.1, -0.05) is 11.8 Å². The Hall–Kier alpha value is -2.46. The molecule has 2 aromatic rings. The highest BCUT2D eigenvalue weighted by atomic mass is 32.2. The molecule has 1 amide bonds. The first-order chi connectivity index (χ1) is 13.4. The monoisotopic (exact) mass is 408 g/mol. The number of benzene rings is 1. The second kappa shape index (κ2) is 9.16. The molecule has 8 nitrogen and oxygen atoms in total. The van der Waals surface area contributed by atoms with E-state index in [-0.39, 0.29) is 17.7 Å². The molecular weight excluding hydrogens is 387 g/mol. The van der Waals surface area contributed by atoms with E-state index in [9.17, 15) is 14.0 Å². The van der Waals surface area contributed by atoms with Crippen molar-refractivity contribution in [3.8, 4) is 11.4 Å². The van der Waals surface area contributed by atoms with Crippen molar-refractivity contribution < 1.29 is 23.5 Å². The van der Waals surface area contributed by atoms with Gasteiger partial charge in [0.05, 0.1) is 18.4 Å². The highest BCUT2D eigenvalue weighted by Gasteiger charge is 2.23. The molecule has 1 aromatic heterocycles. The van der Waals surface area contributed by atoms with Gasteiger partial charge in [-0.2, -0.15) is 0 Å². The van der Waals surface area contributed by atoms with Gasteiger partial charge in [-0.15, -0.1) is 10.2 Å². The van der Waals surface area contributed by atoms with E-state index < -0.39 is 18.0 Å². The number of nitrogens with zero attached hydrogens (tertiary/aromatic N) is 3. The van der Waals surface area contributed by atoms with Gasteiger partial charge >= 0.3 is 5.97 Å². The van der Waals surface area contributed by atoms with Gasteiger partial charge in [0.1, 0.15) is 5.82 Å². The maximum absolute atomic E-state index is 13.3. The summed E-state index contributed by atoms with van der Waals surface area (Å²) in [6.45, 7) is 2.64. The number of thioether (sulfide) groups is 1. The van der Waals surface area contributed by atoms with Crippen molar-refractivity contribution >= 4 is 23.6 Å². The summed E-state index contributed by atoms with van der Waals surface area (Å²) in [5.74, 6) is -1.11. The maximum atomic E-state index is 13.3. The first kappa shape index (κ1) is 20.3. The smallest absolute Gasteiger partial charge is 0.317 e. The topological polar surface area (TPSA) is 109 Å². The summed E-state index contributed by atoms with van der Waals surface area (Å²) in [7, 11) is 0. The number of carbonyl (C=O) groups excluding carboxylic acids is 2. The van der Waals surface area contributed by atoms with E-state index in [1.165, 1.54) is 19.1 Å². The number of halogens is 1. The van der Waals surface area contributed by atoms with Gasteiger partial charge in [-0.3, -0.25) is 14.2 Å². The minimum atomic E-state index is -0.993. The molecule has 150 valence electrons. The zero-order chi connectivity index (χ0) is 20.1. The Balaban J connectivity index is 1.76. The molecule has 2 N–H and O–H groups in total. The van der Waals surface area contributed by atoms with Crippen LogP contribution in [0.5, 0.6) is 0 Å². The van der Waals surface area contributed by atoms with Crippen LogP contribution in [0.2, 0.25) is 0 Å². The summed E-state index contributed by atoms with van der Waals surface area (Å²) in [4.78, 5) is 22.9. The lowest BCUT2D eigenvalue weighted by Crippen LogP contribution is -2.31. The largest absolute Gasteiger partial charge is 0.452 e. The number of ether oxygens (including phenoxy) is 2. The van der Waals surface area contributed by atoms with Crippen molar-refractivity contribution in [1.82, 2.24) is 14.8 Å². The van der Waals surface area contributed by atoms with Crippen molar-refractivity contribution in [3.05, 3.63) is 30.1 Å². The van der Waals surface area contributed by atoms with Crippen molar-refractivity contribution in [3.63, 3.8) is 0 Å². The molecule has 1 saturated heterocycles. The third-order valence-corrected chi connectivity index (χ3v) is 5.20. The second-order valence-electron chi connectivity index (χ2n) is 6.38. The third kappa shape index (κ3) is 5.08. The van der Waals surface area contributed by atoms with Crippen molar-refractivity contribution in [2.45, 2.75) is 43.7 Å². The Kier molecular flexibility index (Phi) is 6.63. The van der Waals surface area contributed by atoms with Gasteiger partial charge in [-0.05, 0) is 44.0 Å². The first-order valence-electron chi connectivity index (χ1n) is 8.86. The van der Waals surface area contributed by atoms with Crippen LogP contribution in [0, 0.1) is 5.82 Å². The predicted octanol–water partition coefficient (Wildman–Crippen LogP) is 1.77. The van der Waals surface area contributed by atoms with Crippen LogP contribution in [-0.4, -0.2) is 51.2 Å². The summed E-state index contributed by atoms with van der Waals surface area (Å²) in [6, 6.07) is 5.97. The molecule has 0 unspecified atom stereocenters. The average molecular weight is 408 g/mol. The minimum Gasteiger partial charge on any atom is -0.452 e. The van der Waals surface area contributed by atoms with Crippen LogP contribution in [-0.2, 0) is 25.6 Å². The van der Waals surface area contributed by atoms with Gasteiger partial charge in [0.2, 0.25) is 0 Å². The van der Waals surface area contributed by atoms with Crippen molar-refractivity contribution in [1.29, 1.82) is 0 Å². The molecule has 10 heteroatoms. The fourth-order valence-electron chi connectivity index (χ4n) is 2.78. The molecule has 1 fully saturated rings. The van der Waals surface area contributed by atoms with E-state index in [0.29, 0.717) is 29.7 Å². The Labute approximate surface area is 165 Å². The van der Waals surface area contributed by atoms with Crippen LogP contribution in [0.4, 0.5) is 4.39 Å². The van der Waals surface area contributed by atoms with Crippen LogP contribution >= 0.6 is 11.8 Å². The SMILES string of the molecule is C[C@H](OC(=O)CSc1nnc(-c2ccc(F)cc2)n1C[C@H]1CCCO1)C(N)=O. The minimum absolute atomic E-state index is 0.0244. The molecule has 2 heterocycles. The van der Waals surface area contributed by atoms with Gasteiger partial charge in [0.25, 0.3) is 5.91 Å². The van der Waals surface area contributed by atoms with Crippen LogP contribution in [0.15, 0.2) is 29.4 Å². The standard InChI is InChI=1S/C18H21FN4O4S/c1-11(16(20)25)27-15(24)10-28-18-22-21-17(12-4-6-13(19)7-5-12)23(18)9-14-3-2-8-26-14/h4-7,11,14H,2-3,8-10H2,1H3,(H2,20,25)/t11-,14+/m0/s1. The molecule has 3 rings (SSSR count). The molecule has 1 aliphatic rings. The summed E-state index contributed by atoms with van der Waals surface area (Å²) >= 11 is 1.14. The highest BCUT2D eigenvalue weighted by Crippen LogP contribution is 2.27. The molecular formula is C18H21FN4O4S. The van der Waals surface area contributed by atoms with Crippen LogP contribution < -0.4 is 5.73 Å². The average Bonchev–Trinajstić information content (AvgIpc) is 3.31. The fourth-order valence-corrected chi connectivity index (χ4v) is 3.51. The molecule has 0 bridgehead atoms. The Bertz CT molecular complexity index is 837. The first-order valence-corrected chi connectivity index (χ1v) is 9.85. The van der Waals surface area contributed by atoms with E-state index in [1.807, 2.05) is 4.57 Å². The molecule has 2 atom stereocenters. The van der Waals surface area contributed by atoms with E-state index in [4.69, 9.17) is 15.2 Å². The number of carbonyl (C=O) groups is 2. The van der Waals surface area contributed by atoms with Crippen LogP contribution in [0.3, 0.4) is 0 Å². The number of amides is 1. The maximum Gasteiger partial charge on any atom is 0.317 e. The summed E-state index contributed by atoms with van der Waals surface area (Å²) < 4.78 is 25.8. The predicted molar refractivity (Wildman–Crippen MR) is 99.9 cm³/mol. The van der Waals surface area contributed by atoms with Gasteiger partial charge in [0, 0.05) is 12.2 Å². The summed E-state index contributed by atoms with van der Waals surface area (Å²) in [6.07, 6.45) is 0.936. The lowest BCUT2D eigenvalue weighted by atomic mass is 10.2. The summed E-state index contributed by atoms with van der Waals surface area (Å²) in [5.41, 5.74) is 5.81. The number of primary amides is 1. The highest BCUT2D eigenvalue weighted by molar-refractivity contribution is 7.99. The number of esters is 1. The molecule has 0 saturated carbocycles. The van der Waals surface area contributed by atoms with Gasteiger partial charge in [-0.25, -0.2) is 4.39 Å². The number of hydrogen-bond donors (Lipinski definition) is 1. The normalized spacial score (nSPS) is 17.4. The molecule has 28 heavy (non-hydrogen) atoms. The van der Waals surface area contributed by atoms with Crippen molar-refractivity contribution in [2.75, 3.05) is 12.4 Å². The zero-order valence-corrected chi connectivity index (χ0v) is 16.2.